The van der Waals surface area contributed by atoms with E-state index in [0.717, 1.165) is 29.8 Å². The van der Waals surface area contributed by atoms with E-state index < -0.39 is 0 Å². The fraction of sp³-hybridized carbons (Fsp3) is 0.533. The standard InChI is InChI=1S/C15H19BrClFN2/c1-3-4-5-6-7-20-14-9-12(18)11(16)8-13(14)19-15(20)10(2)17/h8-10H,3-7H2,1-2H3. The van der Waals surface area contributed by atoms with Crippen LogP contribution in [0.15, 0.2) is 16.6 Å². The lowest BCUT2D eigenvalue weighted by Crippen LogP contribution is -2.05. The SMILES string of the molecule is CCCCCCn1c(C(C)Cl)nc2cc(Br)c(F)cc21. The molecule has 1 unspecified atom stereocenters. The highest BCUT2D eigenvalue weighted by Crippen LogP contribution is 2.28. The predicted molar refractivity (Wildman–Crippen MR) is 85.8 cm³/mol. The largest absolute Gasteiger partial charge is 0.327 e. The molecular weight excluding hydrogens is 343 g/mol. The van der Waals surface area contributed by atoms with Crippen molar-refractivity contribution in [3.05, 3.63) is 28.2 Å². The molecule has 0 fully saturated rings. The minimum absolute atomic E-state index is 0.185. The Morgan fingerprint density at radius 1 is 1.35 bits per heavy atom. The molecule has 0 saturated heterocycles. The first-order chi connectivity index (χ1) is 9.54. The minimum Gasteiger partial charge on any atom is -0.327 e. The van der Waals surface area contributed by atoms with Crippen LogP contribution in [0.5, 0.6) is 0 Å². The average Bonchev–Trinajstić information content (AvgIpc) is 2.74. The van der Waals surface area contributed by atoms with Gasteiger partial charge in [-0.1, -0.05) is 26.2 Å². The van der Waals surface area contributed by atoms with Crippen LogP contribution in [-0.4, -0.2) is 9.55 Å². The van der Waals surface area contributed by atoms with Crippen molar-refractivity contribution in [1.82, 2.24) is 9.55 Å². The third-order valence-electron chi connectivity index (χ3n) is 3.41. The van der Waals surface area contributed by atoms with Gasteiger partial charge in [-0.3, -0.25) is 0 Å². The van der Waals surface area contributed by atoms with E-state index >= 15 is 0 Å². The second kappa shape index (κ2) is 6.90. The number of imidazole rings is 1. The summed E-state index contributed by atoms with van der Waals surface area (Å²) < 4.78 is 16.3. The molecule has 1 heterocycles. The van der Waals surface area contributed by atoms with E-state index in [4.69, 9.17) is 11.6 Å². The molecule has 0 saturated carbocycles. The average molecular weight is 362 g/mol. The van der Waals surface area contributed by atoms with Crippen LogP contribution in [0.4, 0.5) is 4.39 Å². The summed E-state index contributed by atoms with van der Waals surface area (Å²) in [6.45, 7) is 4.92. The van der Waals surface area contributed by atoms with Gasteiger partial charge >= 0.3 is 0 Å². The zero-order valence-electron chi connectivity index (χ0n) is 11.8. The van der Waals surface area contributed by atoms with Crippen molar-refractivity contribution in [2.75, 3.05) is 0 Å². The number of hydrogen-bond donors (Lipinski definition) is 0. The molecule has 2 rings (SSSR count). The fourth-order valence-corrected chi connectivity index (χ4v) is 2.87. The Balaban J connectivity index is 2.37. The molecule has 1 aromatic carbocycles. The molecule has 0 bridgehead atoms. The second-order valence-electron chi connectivity index (χ2n) is 5.05. The molecular formula is C15H19BrClFN2. The molecule has 0 radical (unpaired) electrons. The van der Waals surface area contributed by atoms with Gasteiger partial charge in [0.2, 0.25) is 0 Å². The van der Waals surface area contributed by atoms with Crippen LogP contribution in [0.3, 0.4) is 0 Å². The number of hydrogen-bond acceptors (Lipinski definition) is 1. The van der Waals surface area contributed by atoms with Crippen LogP contribution in [0.2, 0.25) is 0 Å². The van der Waals surface area contributed by atoms with Crippen molar-refractivity contribution < 1.29 is 4.39 Å². The van der Waals surface area contributed by atoms with Gasteiger partial charge in [0.25, 0.3) is 0 Å². The van der Waals surface area contributed by atoms with Gasteiger partial charge in [0, 0.05) is 12.6 Å². The van der Waals surface area contributed by atoms with E-state index in [2.05, 4.69) is 32.4 Å². The molecule has 0 spiro atoms. The van der Waals surface area contributed by atoms with E-state index in [9.17, 15) is 4.39 Å². The Morgan fingerprint density at radius 3 is 2.75 bits per heavy atom. The summed E-state index contributed by atoms with van der Waals surface area (Å²) in [4.78, 5) is 4.55. The molecule has 0 aliphatic heterocycles. The van der Waals surface area contributed by atoms with E-state index in [1.54, 1.807) is 6.07 Å². The van der Waals surface area contributed by atoms with Crippen molar-refractivity contribution in [1.29, 1.82) is 0 Å². The smallest absolute Gasteiger partial charge is 0.139 e. The number of unbranched alkanes of at least 4 members (excludes halogenated alkanes) is 3. The van der Waals surface area contributed by atoms with E-state index in [0.29, 0.717) is 4.47 Å². The van der Waals surface area contributed by atoms with E-state index in [-0.39, 0.29) is 11.2 Å². The van der Waals surface area contributed by atoms with Gasteiger partial charge in [-0.05, 0) is 35.3 Å². The predicted octanol–water partition coefficient (Wildman–Crippen LogP) is 5.82. The summed E-state index contributed by atoms with van der Waals surface area (Å²) in [6, 6.07) is 3.25. The number of halogens is 3. The molecule has 0 aliphatic rings. The van der Waals surface area contributed by atoms with Gasteiger partial charge in [0.15, 0.2) is 0 Å². The lowest BCUT2D eigenvalue weighted by atomic mass is 10.2. The number of fused-ring (bicyclic) bond motifs is 1. The first-order valence-corrected chi connectivity index (χ1v) is 8.26. The van der Waals surface area contributed by atoms with Gasteiger partial charge in [-0.25, -0.2) is 9.37 Å². The summed E-state index contributed by atoms with van der Waals surface area (Å²) >= 11 is 9.41. The third-order valence-corrected chi connectivity index (χ3v) is 4.21. The molecule has 20 heavy (non-hydrogen) atoms. The molecule has 0 amide bonds. The van der Waals surface area contributed by atoms with Gasteiger partial charge in [-0.2, -0.15) is 0 Å². The first-order valence-electron chi connectivity index (χ1n) is 7.03. The maximum Gasteiger partial charge on any atom is 0.139 e. The topological polar surface area (TPSA) is 17.8 Å². The van der Waals surface area contributed by atoms with Crippen LogP contribution in [0.1, 0.15) is 50.7 Å². The van der Waals surface area contributed by atoms with Crippen LogP contribution in [-0.2, 0) is 6.54 Å². The number of benzene rings is 1. The number of aryl methyl sites for hydroxylation is 1. The van der Waals surface area contributed by atoms with Gasteiger partial charge < -0.3 is 4.57 Å². The van der Waals surface area contributed by atoms with Crippen LogP contribution in [0.25, 0.3) is 11.0 Å². The molecule has 0 N–H and O–H groups in total. The van der Waals surface area contributed by atoms with Crippen LogP contribution >= 0.6 is 27.5 Å². The normalized spacial score (nSPS) is 13.1. The van der Waals surface area contributed by atoms with E-state index in [1.165, 1.54) is 25.3 Å². The van der Waals surface area contributed by atoms with Gasteiger partial charge in [0.1, 0.15) is 11.6 Å². The Bertz CT molecular complexity index is 595. The highest BCUT2D eigenvalue weighted by molar-refractivity contribution is 9.10. The van der Waals surface area contributed by atoms with Crippen molar-refractivity contribution in [3.63, 3.8) is 0 Å². The summed E-state index contributed by atoms with van der Waals surface area (Å²) in [7, 11) is 0. The monoisotopic (exact) mass is 360 g/mol. The molecule has 2 aromatic rings. The summed E-state index contributed by atoms with van der Waals surface area (Å²) in [5.41, 5.74) is 1.61. The molecule has 5 heteroatoms. The number of rotatable bonds is 6. The molecule has 110 valence electrons. The Kier molecular flexibility index (Phi) is 5.44. The maximum absolute atomic E-state index is 13.8. The summed E-state index contributed by atoms with van der Waals surface area (Å²) in [6.07, 6.45) is 4.65. The van der Waals surface area contributed by atoms with Crippen LogP contribution in [0, 0.1) is 5.82 Å². The van der Waals surface area contributed by atoms with Crippen LogP contribution < -0.4 is 0 Å². The highest BCUT2D eigenvalue weighted by atomic mass is 79.9. The number of alkyl halides is 1. The lowest BCUT2D eigenvalue weighted by molar-refractivity contribution is 0.572. The Hall–Kier alpha value is -0.610. The van der Waals surface area contributed by atoms with Gasteiger partial charge in [0.05, 0.1) is 20.9 Å². The zero-order chi connectivity index (χ0) is 14.7. The van der Waals surface area contributed by atoms with Crippen molar-refractivity contribution in [3.8, 4) is 0 Å². The lowest BCUT2D eigenvalue weighted by Gasteiger charge is -2.10. The summed E-state index contributed by atoms with van der Waals surface area (Å²) in [5, 5.41) is -0.185. The fourth-order valence-electron chi connectivity index (χ4n) is 2.37. The Morgan fingerprint density at radius 2 is 2.10 bits per heavy atom. The van der Waals surface area contributed by atoms with Gasteiger partial charge in [-0.15, -0.1) is 11.6 Å². The summed E-state index contributed by atoms with van der Waals surface area (Å²) in [5.74, 6) is 0.552. The molecule has 1 aromatic heterocycles. The number of aromatic nitrogens is 2. The van der Waals surface area contributed by atoms with Crippen molar-refractivity contribution in [2.45, 2.75) is 51.5 Å². The van der Waals surface area contributed by atoms with Crippen molar-refractivity contribution in [2.24, 2.45) is 0 Å². The quantitative estimate of drug-likeness (QED) is 0.468. The first kappa shape index (κ1) is 15.8. The molecule has 2 nitrogen and oxygen atoms in total. The van der Waals surface area contributed by atoms with E-state index in [1.807, 2.05) is 6.92 Å². The Labute approximate surface area is 132 Å². The second-order valence-corrected chi connectivity index (χ2v) is 6.56. The zero-order valence-corrected chi connectivity index (χ0v) is 14.1. The molecule has 0 aliphatic carbocycles. The third kappa shape index (κ3) is 3.34. The highest BCUT2D eigenvalue weighted by Gasteiger charge is 2.16. The van der Waals surface area contributed by atoms with Crippen molar-refractivity contribution >= 4 is 38.6 Å². The number of nitrogens with zero attached hydrogens (tertiary/aromatic N) is 2. The maximum atomic E-state index is 13.8. The molecule has 1 atom stereocenters. The minimum atomic E-state index is -0.263.